The number of amides is 1. The highest BCUT2D eigenvalue weighted by Gasteiger charge is 2.54. The average molecular weight is 561 g/mol. The van der Waals surface area contributed by atoms with Gasteiger partial charge in [0.2, 0.25) is 0 Å². The molecule has 0 aliphatic carbocycles. The van der Waals surface area contributed by atoms with Gasteiger partial charge in [0.15, 0.2) is 9.84 Å². The van der Waals surface area contributed by atoms with Gasteiger partial charge in [-0.15, -0.1) is 13.2 Å². The van der Waals surface area contributed by atoms with E-state index in [0.29, 0.717) is 18.7 Å². The Morgan fingerprint density at radius 3 is 2.34 bits per heavy atom. The van der Waals surface area contributed by atoms with E-state index >= 15 is 0 Å². The molecule has 1 aliphatic rings. The Hall–Kier alpha value is -2.60. The number of alkyl halides is 3. The molecular formula is C26H37F3N3O5S+. The minimum Gasteiger partial charge on any atom is -0.491 e. The Morgan fingerprint density at radius 2 is 1.82 bits per heavy atom. The Bertz CT molecular complexity index is 1270. The Kier molecular flexibility index (Phi) is 8.29. The van der Waals surface area contributed by atoms with E-state index in [1.807, 2.05) is 20.8 Å². The molecule has 3 rings (SSSR count). The summed E-state index contributed by atoms with van der Waals surface area (Å²) in [5.41, 5.74) is -0.241. The molecule has 1 atom stereocenters. The summed E-state index contributed by atoms with van der Waals surface area (Å²) in [5, 5.41) is 0. The molecular weight excluding hydrogens is 523 g/mol. The third-order valence-corrected chi connectivity index (χ3v) is 8.92. The summed E-state index contributed by atoms with van der Waals surface area (Å²) in [4.78, 5) is 13.5. The first-order chi connectivity index (χ1) is 17.3. The monoisotopic (exact) mass is 560 g/mol. The zero-order valence-corrected chi connectivity index (χ0v) is 23.7. The van der Waals surface area contributed by atoms with Crippen molar-refractivity contribution >= 4 is 21.6 Å². The third kappa shape index (κ3) is 6.33. The summed E-state index contributed by atoms with van der Waals surface area (Å²) in [6, 6.07) is 6.92. The fourth-order valence-corrected chi connectivity index (χ4v) is 4.52. The molecule has 1 aromatic heterocycles. The first-order valence-electron chi connectivity index (χ1n) is 12.4. The van der Waals surface area contributed by atoms with Crippen LogP contribution in [0.5, 0.6) is 5.75 Å². The highest BCUT2D eigenvalue weighted by molar-refractivity contribution is 7.92. The average Bonchev–Trinajstić information content (AvgIpc) is 3.40. The summed E-state index contributed by atoms with van der Waals surface area (Å²) in [6.45, 7) is 8.87. The van der Waals surface area contributed by atoms with E-state index in [1.165, 1.54) is 48.9 Å². The first kappa shape index (κ1) is 29.9. The maximum Gasteiger partial charge on any atom is 0.570 e. The van der Waals surface area contributed by atoms with Gasteiger partial charge in [0, 0.05) is 25.3 Å². The number of rotatable bonds is 8. The summed E-state index contributed by atoms with van der Waals surface area (Å²) in [6.07, 6.45) is -2.78. The molecule has 1 aliphatic heterocycles. The van der Waals surface area contributed by atoms with Crippen molar-refractivity contribution in [2.75, 3.05) is 24.4 Å². The number of carbonyl (C=O) groups is 1. The number of ether oxygens (including phenoxy) is 2. The molecule has 0 saturated carbocycles. The van der Waals surface area contributed by atoms with Crippen molar-refractivity contribution < 1.29 is 40.5 Å². The molecule has 0 radical (unpaired) electrons. The van der Waals surface area contributed by atoms with Gasteiger partial charge in [-0.25, -0.2) is 17.9 Å². The smallest absolute Gasteiger partial charge is 0.491 e. The third-order valence-electron chi connectivity index (χ3n) is 6.79. The van der Waals surface area contributed by atoms with Crippen LogP contribution >= 0.6 is 0 Å². The van der Waals surface area contributed by atoms with Crippen LogP contribution in [0.4, 0.5) is 19.0 Å². The molecule has 38 heavy (non-hydrogen) atoms. The van der Waals surface area contributed by atoms with Crippen LogP contribution in [0, 0.1) is 0 Å². The fourth-order valence-electron chi connectivity index (χ4n) is 4.25. The van der Waals surface area contributed by atoms with Crippen molar-refractivity contribution in [3.63, 3.8) is 0 Å². The number of nitrogens with zero attached hydrogens (tertiary/aromatic N) is 3. The maximum absolute atomic E-state index is 14.7. The van der Waals surface area contributed by atoms with Crippen molar-refractivity contribution in [2.45, 2.75) is 76.6 Å². The molecule has 0 bridgehead atoms. The predicted octanol–water partition coefficient (Wildman–Crippen LogP) is 4.16. The van der Waals surface area contributed by atoms with Gasteiger partial charge in [-0.05, 0) is 38.8 Å². The van der Waals surface area contributed by atoms with E-state index in [0.717, 1.165) is 12.7 Å². The highest BCUT2D eigenvalue weighted by atomic mass is 32.2. The van der Waals surface area contributed by atoms with Gasteiger partial charge >= 0.3 is 18.0 Å². The second-order valence-corrected chi connectivity index (χ2v) is 14.0. The molecule has 212 valence electrons. The van der Waals surface area contributed by atoms with E-state index in [9.17, 15) is 26.4 Å². The van der Waals surface area contributed by atoms with Crippen molar-refractivity contribution in [1.29, 1.82) is 0 Å². The number of anilines is 1. The molecule has 2 heterocycles. The van der Waals surface area contributed by atoms with Crippen LogP contribution in [0.2, 0.25) is 0 Å². The maximum atomic E-state index is 14.7. The minimum absolute atomic E-state index is 0.138. The van der Waals surface area contributed by atoms with E-state index in [2.05, 4.69) is 0 Å². The van der Waals surface area contributed by atoms with Crippen molar-refractivity contribution in [3.05, 3.63) is 41.6 Å². The van der Waals surface area contributed by atoms with Gasteiger partial charge in [-0.3, -0.25) is 0 Å². The molecule has 8 nitrogen and oxygen atoms in total. The van der Waals surface area contributed by atoms with Crippen molar-refractivity contribution in [1.82, 2.24) is 4.68 Å². The molecule has 1 fully saturated rings. The predicted molar refractivity (Wildman–Crippen MR) is 137 cm³/mol. The number of benzene rings is 1. The van der Waals surface area contributed by atoms with Crippen LogP contribution < -0.4 is 14.3 Å². The summed E-state index contributed by atoms with van der Waals surface area (Å²) in [5.74, 6) is -1.81. The van der Waals surface area contributed by atoms with E-state index in [4.69, 9.17) is 9.47 Å². The zero-order chi connectivity index (χ0) is 28.7. The number of aromatic nitrogens is 2. The number of sulfone groups is 1. The molecule has 2 aromatic rings. The molecule has 0 spiro atoms. The molecule has 1 aromatic carbocycles. The fraction of sp³-hybridized carbons (Fsp3) is 0.615. The SMILES string of the molecule is Cn1c(C(C)(C)C)cc(N(C(=O)c2ccccc2OCC(C)(C)S(C)(=O)=O)C(F)(F)F)[n+]1C[C@H]1CCCO1. The van der Waals surface area contributed by atoms with Gasteiger partial charge in [0.1, 0.15) is 29.2 Å². The van der Waals surface area contributed by atoms with Crippen LogP contribution in [0.25, 0.3) is 0 Å². The van der Waals surface area contributed by atoms with E-state index < -0.39 is 32.2 Å². The standard InChI is InChI=1S/C26H37F3N3O5S/c1-24(2,3)21-15-22(31(30(21)6)16-18-11-10-14-36-18)32(26(27,28)29)23(33)19-12-8-9-13-20(19)37-17-25(4,5)38(7,34)35/h8-9,12-13,15,18H,10-11,14,16-17H2,1-7H3/q+1/t18-/m1/s1. The second kappa shape index (κ2) is 10.5. The normalized spacial score (nSPS) is 17.1. The Balaban J connectivity index is 2.10. The topological polar surface area (TPSA) is 81.7 Å². The van der Waals surface area contributed by atoms with Gasteiger partial charge in [-0.1, -0.05) is 37.8 Å². The lowest BCUT2D eigenvalue weighted by Gasteiger charge is -2.24. The van der Waals surface area contributed by atoms with Gasteiger partial charge in [0.25, 0.3) is 0 Å². The van der Waals surface area contributed by atoms with Gasteiger partial charge < -0.3 is 9.47 Å². The number of hydrogen-bond donors (Lipinski definition) is 0. The number of carbonyl (C=O) groups excluding carboxylic acids is 1. The van der Waals surface area contributed by atoms with Gasteiger partial charge in [-0.2, -0.15) is 4.68 Å². The molecule has 1 amide bonds. The molecule has 0 unspecified atom stereocenters. The Labute approximate surface area is 222 Å². The number of para-hydroxylation sites is 1. The first-order valence-corrected chi connectivity index (χ1v) is 14.3. The summed E-state index contributed by atoms with van der Waals surface area (Å²) in [7, 11) is -1.87. The van der Waals surface area contributed by atoms with E-state index in [1.54, 1.807) is 11.7 Å². The molecule has 0 N–H and O–H groups in total. The largest absolute Gasteiger partial charge is 0.570 e. The number of hydrogen-bond acceptors (Lipinski definition) is 5. The Morgan fingerprint density at radius 1 is 1.18 bits per heavy atom. The van der Waals surface area contributed by atoms with Crippen molar-refractivity contribution in [3.8, 4) is 5.75 Å². The second-order valence-electron chi connectivity index (χ2n) is 11.3. The van der Waals surface area contributed by atoms with Gasteiger partial charge in [0.05, 0.1) is 17.9 Å². The summed E-state index contributed by atoms with van der Waals surface area (Å²) >= 11 is 0. The highest BCUT2D eigenvalue weighted by Crippen LogP contribution is 2.34. The lowest BCUT2D eigenvalue weighted by molar-refractivity contribution is -0.768. The lowest BCUT2D eigenvalue weighted by Crippen LogP contribution is -2.55. The summed E-state index contributed by atoms with van der Waals surface area (Å²) < 4.78 is 81.3. The van der Waals surface area contributed by atoms with Crippen LogP contribution in [0.15, 0.2) is 30.3 Å². The number of halogens is 3. The molecule has 12 heteroatoms. The quantitative estimate of drug-likeness (QED) is 0.358. The van der Waals surface area contributed by atoms with Crippen LogP contribution in [-0.2, 0) is 33.6 Å². The molecule has 1 saturated heterocycles. The lowest BCUT2D eigenvalue weighted by atomic mass is 9.92. The van der Waals surface area contributed by atoms with Crippen LogP contribution in [0.3, 0.4) is 0 Å². The van der Waals surface area contributed by atoms with Crippen molar-refractivity contribution in [2.24, 2.45) is 7.05 Å². The zero-order valence-electron chi connectivity index (χ0n) is 22.9. The minimum atomic E-state index is -5.06. The van der Waals surface area contributed by atoms with Crippen LogP contribution in [0.1, 0.15) is 63.5 Å². The van der Waals surface area contributed by atoms with Crippen LogP contribution in [-0.4, -0.2) is 55.6 Å². The van der Waals surface area contributed by atoms with E-state index in [-0.39, 0.29) is 41.3 Å².